The Morgan fingerprint density at radius 3 is 2.48 bits per heavy atom. The minimum Gasteiger partial charge on any atom is -0.274 e. The monoisotopic (exact) mass is 389 g/mol. The second-order valence-corrected chi connectivity index (χ2v) is 8.08. The molecule has 25 heavy (non-hydrogen) atoms. The quantitative estimate of drug-likeness (QED) is 0.497. The van der Waals surface area contributed by atoms with E-state index in [-0.39, 0.29) is 0 Å². The maximum atomic E-state index is 6.12. The van der Waals surface area contributed by atoms with E-state index in [0.29, 0.717) is 16.0 Å². The third-order valence-corrected chi connectivity index (χ3v) is 5.98. The van der Waals surface area contributed by atoms with Crippen LogP contribution in [0.15, 0.2) is 47.6 Å². The number of aromatic nitrogens is 3. The summed E-state index contributed by atoms with van der Waals surface area (Å²) in [6.07, 6.45) is 2.39. The first kappa shape index (κ1) is 17.0. The van der Waals surface area contributed by atoms with Crippen molar-refractivity contribution in [2.24, 2.45) is 0 Å². The Morgan fingerprint density at radius 1 is 1.04 bits per heavy atom. The summed E-state index contributed by atoms with van der Waals surface area (Å²) in [4.78, 5) is 0. The van der Waals surface area contributed by atoms with E-state index in [4.69, 9.17) is 23.2 Å². The molecule has 1 heterocycles. The number of benzene rings is 2. The third-order valence-electron chi connectivity index (χ3n) is 4.25. The Labute approximate surface area is 161 Å². The Morgan fingerprint density at radius 2 is 1.80 bits per heavy atom. The largest absolute Gasteiger partial charge is 0.274 e. The van der Waals surface area contributed by atoms with Crippen molar-refractivity contribution in [3.05, 3.63) is 69.5 Å². The molecule has 0 aliphatic heterocycles. The van der Waals surface area contributed by atoms with Gasteiger partial charge in [-0.1, -0.05) is 58.7 Å². The molecule has 6 heteroatoms. The van der Waals surface area contributed by atoms with Crippen molar-refractivity contribution in [3.63, 3.8) is 0 Å². The van der Waals surface area contributed by atoms with E-state index in [0.717, 1.165) is 28.0 Å². The lowest BCUT2D eigenvalue weighted by Crippen LogP contribution is -2.02. The predicted molar refractivity (Wildman–Crippen MR) is 104 cm³/mol. The molecule has 0 radical (unpaired) electrons. The van der Waals surface area contributed by atoms with Crippen LogP contribution in [-0.2, 0) is 5.75 Å². The van der Waals surface area contributed by atoms with E-state index in [2.05, 4.69) is 46.0 Å². The first-order valence-electron chi connectivity index (χ1n) is 8.21. The number of nitrogens with zero attached hydrogens (tertiary/aromatic N) is 3. The van der Waals surface area contributed by atoms with Crippen molar-refractivity contribution in [1.29, 1.82) is 0 Å². The zero-order valence-corrected chi connectivity index (χ0v) is 16.1. The van der Waals surface area contributed by atoms with Gasteiger partial charge in [-0.25, -0.2) is 0 Å². The van der Waals surface area contributed by atoms with Gasteiger partial charge in [0.1, 0.15) is 5.82 Å². The maximum Gasteiger partial charge on any atom is 0.196 e. The van der Waals surface area contributed by atoms with Crippen LogP contribution in [0.3, 0.4) is 0 Å². The minimum atomic E-state index is 0.535. The smallest absolute Gasteiger partial charge is 0.196 e. The molecule has 2 aromatic carbocycles. The van der Waals surface area contributed by atoms with Crippen LogP contribution in [0.4, 0.5) is 0 Å². The zero-order valence-electron chi connectivity index (χ0n) is 13.7. The number of hydrogen-bond acceptors (Lipinski definition) is 3. The number of aryl methyl sites for hydroxylation is 1. The summed E-state index contributed by atoms with van der Waals surface area (Å²) in [5, 5.41) is 11.0. The van der Waals surface area contributed by atoms with Crippen LogP contribution >= 0.6 is 35.0 Å². The summed E-state index contributed by atoms with van der Waals surface area (Å²) in [6, 6.07) is 14.3. The number of rotatable bonds is 5. The summed E-state index contributed by atoms with van der Waals surface area (Å²) in [6.45, 7) is 2.09. The predicted octanol–water partition coefficient (Wildman–Crippen LogP) is 6.05. The molecule has 0 amide bonds. The van der Waals surface area contributed by atoms with E-state index in [1.165, 1.54) is 18.4 Å². The number of halogens is 2. The lowest BCUT2D eigenvalue weighted by atomic mass is 10.2. The Kier molecular flexibility index (Phi) is 4.76. The van der Waals surface area contributed by atoms with Gasteiger partial charge in [-0.3, -0.25) is 4.57 Å². The van der Waals surface area contributed by atoms with Crippen molar-refractivity contribution in [3.8, 4) is 5.69 Å². The molecule has 1 aliphatic carbocycles. The summed E-state index contributed by atoms with van der Waals surface area (Å²) < 4.78 is 2.19. The molecule has 1 fully saturated rings. The van der Waals surface area contributed by atoms with Crippen LogP contribution in [0.1, 0.15) is 35.7 Å². The van der Waals surface area contributed by atoms with Crippen molar-refractivity contribution in [1.82, 2.24) is 14.8 Å². The van der Waals surface area contributed by atoms with Crippen LogP contribution in [-0.4, -0.2) is 14.8 Å². The van der Waals surface area contributed by atoms with Crippen molar-refractivity contribution >= 4 is 35.0 Å². The lowest BCUT2D eigenvalue weighted by Gasteiger charge is -2.10. The molecule has 0 N–H and O–H groups in total. The van der Waals surface area contributed by atoms with Crippen LogP contribution in [0.5, 0.6) is 0 Å². The average Bonchev–Trinajstić information content (AvgIpc) is 3.37. The van der Waals surface area contributed by atoms with E-state index < -0.39 is 0 Å². The first-order valence-corrected chi connectivity index (χ1v) is 9.95. The SMILES string of the molecule is Cc1ccc(-n2c(SCc3ccc(Cl)c(Cl)c3)nnc2C2CC2)cc1. The second kappa shape index (κ2) is 7.02. The topological polar surface area (TPSA) is 30.7 Å². The van der Waals surface area contributed by atoms with E-state index in [9.17, 15) is 0 Å². The molecule has 1 aromatic heterocycles. The lowest BCUT2D eigenvalue weighted by molar-refractivity contribution is 0.829. The second-order valence-electron chi connectivity index (χ2n) is 6.32. The van der Waals surface area contributed by atoms with Crippen LogP contribution < -0.4 is 0 Å². The number of thioether (sulfide) groups is 1. The van der Waals surface area contributed by atoms with Crippen molar-refractivity contribution < 1.29 is 0 Å². The molecule has 0 unspecified atom stereocenters. The van der Waals surface area contributed by atoms with Gasteiger partial charge < -0.3 is 0 Å². The molecule has 3 nitrogen and oxygen atoms in total. The van der Waals surface area contributed by atoms with Gasteiger partial charge in [0.2, 0.25) is 0 Å². The Hall–Kier alpha value is -1.49. The highest BCUT2D eigenvalue weighted by atomic mass is 35.5. The van der Waals surface area contributed by atoms with Crippen LogP contribution in [0, 0.1) is 6.92 Å². The fourth-order valence-corrected chi connectivity index (χ4v) is 3.92. The average molecular weight is 390 g/mol. The van der Waals surface area contributed by atoms with Gasteiger partial charge in [0.05, 0.1) is 10.0 Å². The molecular formula is C19H17Cl2N3S. The van der Waals surface area contributed by atoms with Gasteiger partial charge in [0.25, 0.3) is 0 Å². The molecule has 0 atom stereocenters. The molecule has 0 spiro atoms. The van der Waals surface area contributed by atoms with Crippen molar-refractivity contribution in [2.45, 2.75) is 36.6 Å². The molecular weight excluding hydrogens is 373 g/mol. The van der Waals surface area contributed by atoms with Gasteiger partial charge >= 0.3 is 0 Å². The number of hydrogen-bond donors (Lipinski definition) is 0. The van der Waals surface area contributed by atoms with E-state index in [1.807, 2.05) is 18.2 Å². The van der Waals surface area contributed by atoms with Gasteiger partial charge in [-0.15, -0.1) is 10.2 Å². The highest BCUT2D eigenvalue weighted by molar-refractivity contribution is 7.98. The molecule has 0 saturated heterocycles. The zero-order chi connectivity index (χ0) is 17.4. The molecule has 128 valence electrons. The molecule has 0 bridgehead atoms. The van der Waals surface area contributed by atoms with Crippen molar-refractivity contribution in [2.75, 3.05) is 0 Å². The summed E-state index contributed by atoms with van der Waals surface area (Å²) in [5.41, 5.74) is 3.48. The van der Waals surface area contributed by atoms with Crippen LogP contribution in [0.2, 0.25) is 10.0 Å². The maximum absolute atomic E-state index is 6.12. The van der Waals surface area contributed by atoms with Gasteiger partial charge in [-0.2, -0.15) is 0 Å². The van der Waals surface area contributed by atoms with Gasteiger partial charge in [0.15, 0.2) is 5.16 Å². The fraction of sp³-hybridized carbons (Fsp3) is 0.263. The molecule has 3 aromatic rings. The molecule has 1 aliphatic rings. The third kappa shape index (κ3) is 3.71. The highest BCUT2D eigenvalue weighted by Gasteiger charge is 2.31. The summed E-state index contributed by atoms with van der Waals surface area (Å²) >= 11 is 13.8. The standard InChI is InChI=1S/C19H17Cl2N3S/c1-12-2-7-15(8-3-12)24-18(14-5-6-14)22-23-19(24)25-11-13-4-9-16(20)17(21)10-13/h2-4,7-10,14H,5-6,11H2,1H3. The summed E-state index contributed by atoms with van der Waals surface area (Å²) in [7, 11) is 0. The Bertz CT molecular complexity index is 902. The fourth-order valence-electron chi connectivity index (χ4n) is 2.69. The van der Waals surface area contributed by atoms with E-state index >= 15 is 0 Å². The Balaban J connectivity index is 1.63. The molecule has 4 rings (SSSR count). The summed E-state index contributed by atoms with van der Waals surface area (Å²) in [5.74, 6) is 2.37. The normalized spacial score (nSPS) is 14.0. The van der Waals surface area contributed by atoms with Crippen LogP contribution in [0.25, 0.3) is 5.69 Å². The van der Waals surface area contributed by atoms with Gasteiger partial charge in [-0.05, 0) is 49.6 Å². The highest BCUT2D eigenvalue weighted by Crippen LogP contribution is 2.41. The first-order chi connectivity index (χ1) is 12.1. The minimum absolute atomic E-state index is 0.535. The molecule has 1 saturated carbocycles. The van der Waals surface area contributed by atoms with Gasteiger partial charge in [0, 0.05) is 17.4 Å². The van der Waals surface area contributed by atoms with E-state index in [1.54, 1.807) is 11.8 Å².